The van der Waals surface area contributed by atoms with Gasteiger partial charge in [0.15, 0.2) is 0 Å². The van der Waals surface area contributed by atoms with E-state index in [2.05, 4.69) is 33.0 Å². The van der Waals surface area contributed by atoms with Crippen LogP contribution in [0.3, 0.4) is 0 Å². The van der Waals surface area contributed by atoms with Gasteiger partial charge in [-0.05, 0) is 111 Å². The Balaban J connectivity index is 1.21. The molecule has 1 spiro atoms. The highest BCUT2D eigenvalue weighted by molar-refractivity contribution is 5.66. The summed E-state index contributed by atoms with van der Waals surface area (Å²) < 4.78 is 12.7. The quantitative estimate of drug-likeness (QED) is 0.495. The molecule has 6 rings (SSSR count). The second-order valence-electron chi connectivity index (χ2n) is 13.8. The minimum Gasteiger partial charge on any atom is -0.463 e. The van der Waals surface area contributed by atoms with Gasteiger partial charge in [0.05, 0.1) is 6.10 Å². The van der Waals surface area contributed by atoms with Gasteiger partial charge in [0.2, 0.25) is 0 Å². The first-order valence-electron chi connectivity index (χ1n) is 14.3. The fourth-order valence-electron chi connectivity index (χ4n) is 10.8. The van der Waals surface area contributed by atoms with E-state index >= 15 is 0 Å². The Bertz CT molecular complexity index is 790. The molecule has 0 aromatic heterocycles. The highest BCUT2D eigenvalue weighted by Crippen LogP contribution is 2.71. The second kappa shape index (κ2) is 7.69. The zero-order chi connectivity index (χ0) is 23.2. The van der Waals surface area contributed by atoms with Gasteiger partial charge in [0.25, 0.3) is 0 Å². The Kier molecular flexibility index (Phi) is 5.32. The van der Waals surface area contributed by atoms with E-state index in [1.165, 1.54) is 51.4 Å². The SMILES string of the molecule is CC(=O)O[C@@H]1CC[C@@]2(C)[C@@H](CC[C@@H]3[C@H]4C[C@@H]5O[C@]6(CC[C@@H](C)CN6)[C@@H](C)[C@@H]5[C@@]4(C)CC[C@@H]32)C1. The third kappa shape index (κ3) is 3.25. The standard InChI is InChI=1S/C29H47NO3/c1-17-8-13-29(30-16-17)18(2)26-25(33-29)15-24-22-7-6-20-14-21(32-19(3)31)9-11-27(20,4)23(22)10-12-28(24,26)5/h17-18,20-26,30H,6-16H2,1-5H3/t17-,18+,20+,21-,22+,23+,24-,25+,26+,27+,28+,29-/m1/s1. The van der Waals surface area contributed by atoms with E-state index in [9.17, 15) is 4.79 Å². The van der Waals surface area contributed by atoms with Gasteiger partial charge in [-0.25, -0.2) is 0 Å². The molecule has 6 fully saturated rings. The number of carbonyl (C=O) groups is 1. The molecule has 0 aromatic rings. The lowest BCUT2D eigenvalue weighted by atomic mass is 9.44. The van der Waals surface area contributed by atoms with Crippen molar-refractivity contribution in [2.75, 3.05) is 6.54 Å². The lowest BCUT2D eigenvalue weighted by Gasteiger charge is -2.61. The van der Waals surface area contributed by atoms with Gasteiger partial charge in [0.1, 0.15) is 11.8 Å². The summed E-state index contributed by atoms with van der Waals surface area (Å²) in [5.41, 5.74) is 0.830. The van der Waals surface area contributed by atoms with E-state index < -0.39 is 0 Å². The Morgan fingerprint density at radius 2 is 1.73 bits per heavy atom. The summed E-state index contributed by atoms with van der Waals surface area (Å²) in [7, 11) is 0. The van der Waals surface area contributed by atoms with E-state index in [4.69, 9.17) is 9.47 Å². The number of hydrogen-bond donors (Lipinski definition) is 1. The van der Waals surface area contributed by atoms with Crippen LogP contribution in [0, 0.1) is 52.3 Å². The maximum Gasteiger partial charge on any atom is 0.302 e. The molecule has 4 heteroatoms. The van der Waals surface area contributed by atoms with E-state index in [1.54, 1.807) is 6.92 Å². The minimum atomic E-state index is -0.1000. The average Bonchev–Trinajstić information content (AvgIpc) is 3.21. The topological polar surface area (TPSA) is 47.6 Å². The summed E-state index contributed by atoms with van der Waals surface area (Å²) in [5, 5.41) is 3.89. The van der Waals surface area contributed by atoms with Crippen molar-refractivity contribution in [3.05, 3.63) is 0 Å². The molecular weight excluding hydrogens is 410 g/mol. The zero-order valence-corrected chi connectivity index (χ0v) is 21.7. The maximum absolute atomic E-state index is 11.6. The summed E-state index contributed by atoms with van der Waals surface area (Å²) in [5.74, 6) is 5.29. The molecule has 4 aliphatic carbocycles. The Labute approximate surface area is 201 Å². The predicted octanol–water partition coefficient (Wildman–Crippen LogP) is 5.94. The minimum absolute atomic E-state index is 0.0502. The normalized spacial score (nSPS) is 57.7. The van der Waals surface area contributed by atoms with Gasteiger partial charge in [-0.3, -0.25) is 10.1 Å². The number of nitrogens with one attached hydrogen (secondary N) is 1. The van der Waals surface area contributed by atoms with Crippen LogP contribution >= 0.6 is 0 Å². The molecule has 2 heterocycles. The monoisotopic (exact) mass is 457 g/mol. The lowest BCUT2D eigenvalue weighted by molar-refractivity contribution is -0.162. The summed E-state index contributed by atoms with van der Waals surface area (Å²) >= 11 is 0. The van der Waals surface area contributed by atoms with Crippen LogP contribution in [-0.4, -0.2) is 30.4 Å². The van der Waals surface area contributed by atoms with Crippen molar-refractivity contribution in [1.29, 1.82) is 0 Å². The van der Waals surface area contributed by atoms with Crippen LogP contribution in [0.15, 0.2) is 0 Å². The molecule has 2 saturated heterocycles. The van der Waals surface area contributed by atoms with Crippen molar-refractivity contribution >= 4 is 5.97 Å². The number of carbonyl (C=O) groups excluding carboxylic acids is 1. The number of hydrogen-bond acceptors (Lipinski definition) is 4. The van der Waals surface area contributed by atoms with Crippen LogP contribution in [-0.2, 0) is 14.3 Å². The van der Waals surface area contributed by atoms with Crippen molar-refractivity contribution in [2.24, 2.45) is 52.3 Å². The van der Waals surface area contributed by atoms with Crippen LogP contribution in [0.25, 0.3) is 0 Å². The molecule has 0 radical (unpaired) electrons. The fraction of sp³-hybridized carbons (Fsp3) is 0.966. The number of fused-ring (bicyclic) bond motifs is 7. The Morgan fingerprint density at radius 1 is 0.939 bits per heavy atom. The van der Waals surface area contributed by atoms with E-state index in [1.807, 2.05) is 0 Å². The van der Waals surface area contributed by atoms with Gasteiger partial charge in [-0.2, -0.15) is 0 Å². The lowest BCUT2D eigenvalue weighted by Crippen LogP contribution is -2.57. The molecule has 4 nitrogen and oxygen atoms in total. The third-order valence-corrected chi connectivity index (χ3v) is 12.4. The van der Waals surface area contributed by atoms with Crippen LogP contribution in [0.2, 0.25) is 0 Å². The molecule has 0 bridgehead atoms. The molecular formula is C29H47NO3. The van der Waals surface area contributed by atoms with E-state index in [-0.39, 0.29) is 17.8 Å². The summed E-state index contributed by atoms with van der Waals surface area (Å²) in [4.78, 5) is 11.6. The summed E-state index contributed by atoms with van der Waals surface area (Å²) in [6, 6.07) is 0. The van der Waals surface area contributed by atoms with Crippen LogP contribution in [0.4, 0.5) is 0 Å². The van der Waals surface area contributed by atoms with Gasteiger partial charge in [-0.15, -0.1) is 0 Å². The molecule has 6 aliphatic rings. The van der Waals surface area contributed by atoms with Gasteiger partial charge in [-0.1, -0.05) is 27.7 Å². The maximum atomic E-state index is 11.6. The van der Waals surface area contributed by atoms with Gasteiger partial charge in [0, 0.05) is 19.4 Å². The Morgan fingerprint density at radius 3 is 2.45 bits per heavy atom. The first-order chi connectivity index (χ1) is 15.7. The second-order valence-corrected chi connectivity index (χ2v) is 13.8. The molecule has 1 N–H and O–H groups in total. The van der Waals surface area contributed by atoms with Crippen LogP contribution in [0.5, 0.6) is 0 Å². The van der Waals surface area contributed by atoms with E-state index in [0.717, 1.165) is 54.9 Å². The Hall–Kier alpha value is -0.610. The van der Waals surface area contributed by atoms with Crippen molar-refractivity contribution in [3.8, 4) is 0 Å². The van der Waals surface area contributed by atoms with Crippen LogP contribution in [0.1, 0.15) is 98.8 Å². The van der Waals surface area contributed by atoms with Gasteiger partial charge < -0.3 is 9.47 Å². The average molecular weight is 458 g/mol. The number of rotatable bonds is 1. The summed E-state index contributed by atoms with van der Waals surface area (Å²) in [6.45, 7) is 12.8. The number of ether oxygens (including phenoxy) is 2. The first kappa shape index (κ1) is 22.8. The van der Waals surface area contributed by atoms with E-state index in [0.29, 0.717) is 22.9 Å². The predicted molar refractivity (Wildman–Crippen MR) is 129 cm³/mol. The molecule has 33 heavy (non-hydrogen) atoms. The molecule has 186 valence electrons. The smallest absolute Gasteiger partial charge is 0.302 e. The fourth-order valence-corrected chi connectivity index (χ4v) is 10.8. The number of esters is 1. The third-order valence-electron chi connectivity index (χ3n) is 12.4. The zero-order valence-electron chi connectivity index (χ0n) is 21.7. The molecule has 2 aliphatic heterocycles. The molecule has 0 unspecified atom stereocenters. The van der Waals surface area contributed by atoms with Crippen molar-refractivity contribution in [3.63, 3.8) is 0 Å². The van der Waals surface area contributed by atoms with Crippen molar-refractivity contribution in [2.45, 2.75) is 117 Å². The molecule has 12 atom stereocenters. The van der Waals surface area contributed by atoms with Gasteiger partial charge >= 0.3 is 5.97 Å². The molecule has 0 aromatic carbocycles. The van der Waals surface area contributed by atoms with Crippen molar-refractivity contribution in [1.82, 2.24) is 5.32 Å². The highest BCUT2D eigenvalue weighted by Gasteiger charge is 2.68. The number of piperidine rings is 1. The van der Waals surface area contributed by atoms with Crippen LogP contribution < -0.4 is 5.32 Å². The highest BCUT2D eigenvalue weighted by atomic mass is 16.5. The first-order valence-corrected chi connectivity index (χ1v) is 14.3. The summed E-state index contributed by atoms with van der Waals surface area (Å²) in [6.07, 6.45) is 13.3. The molecule has 4 saturated carbocycles. The largest absolute Gasteiger partial charge is 0.463 e. The van der Waals surface area contributed by atoms with Crippen molar-refractivity contribution < 1.29 is 14.3 Å². The molecule has 0 amide bonds.